The molecule has 1 aliphatic carbocycles. The first-order valence-electron chi connectivity index (χ1n) is 9.81. The average molecular weight is 381 g/mol. The third kappa shape index (κ3) is 5.48. The normalized spacial score (nSPS) is 19.1. The van der Waals surface area contributed by atoms with Gasteiger partial charge in [0.05, 0.1) is 13.0 Å². The minimum absolute atomic E-state index is 0.121. The first-order chi connectivity index (χ1) is 13.2. The zero-order valence-electron chi connectivity index (χ0n) is 17.7. The topological polar surface area (TPSA) is 46.5 Å². The number of carboxylic acid groups (broad SMARTS) is 1. The molecule has 0 radical (unpaired) electrons. The predicted octanol–water partition coefficient (Wildman–Crippen LogP) is 6.44. The molecule has 0 spiro atoms. The van der Waals surface area contributed by atoms with E-state index in [-0.39, 0.29) is 5.41 Å². The van der Waals surface area contributed by atoms with E-state index in [1.54, 1.807) is 7.11 Å². The molecule has 28 heavy (non-hydrogen) atoms. The Balaban J connectivity index is 2.34. The van der Waals surface area contributed by atoms with Crippen LogP contribution in [-0.2, 0) is 4.79 Å². The molecular formula is C25H32O3. The van der Waals surface area contributed by atoms with E-state index in [4.69, 9.17) is 4.74 Å². The molecule has 0 bridgehead atoms. The van der Waals surface area contributed by atoms with E-state index in [2.05, 4.69) is 39.5 Å². The summed E-state index contributed by atoms with van der Waals surface area (Å²) in [4.78, 5) is 11.5. The van der Waals surface area contributed by atoms with Gasteiger partial charge in [-0.3, -0.25) is 4.79 Å². The third-order valence-corrected chi connectivity index (χ3v) is 5.41. The molecule has 1 unspecified atom stereocenters. The number of hydrogen-bond donors (Lipinski definition) is 1. The van der Waals surface area contributed by atoms with Gasteiger partial charge in [-0.1, -0.05) is 57.7 Å². The summed E-state index contributed by atoms with van der Waals surface area (Å²) in [5, 5.41) is 9.42. The highest BCUT2D eigenvalue weighted by Crippen LogP contribution is 2.43. The number of allylic oxidation sites excluding steroid dienone is 5. The van der Waals surface area contributed by atoms with Crippen molar-refractivity contribution in [2.75, 3.05) is 7.11 Å². The second-order valence-corrected chi connectivity index (χ2v) is 8.32. The lowest BCUT2D eigenvalue weighted by molar-refractivity contribution is -0.140. The number of benzene rings is 1. The molecule has 0 heterocycles. The fourth-order valence-electron chi connectivity index (χ4n) is 3.74. The highest BCUT2D eigenvalue weighted by molar-refractivity contribution is 5.74. The molecular weight excluding hydrogens is 348 g/mol. The average Bonchev–Trinajstić information content (AvgIpc) is 2.63. The number of ether oxygens (including phenoxy) is 1. The van der Waals surface area contributed by atoms with E-state index < -0.39 is 11.9 Å². The van der Waals surface area contributed by atoms with E-state index in [1.165, 1.54) is 16.7 Å². The van der Waals surface area contributed by atoms with E-state index in [9.17, 15) is 9.90 Å². The molecule has 0 fully saturated rings. The summed E-state index contributed by atoms with van der Waals surface area (Å²) >= 11 is 0. The molecule has 150 valence electrons. The summed E-state index contributed by atoms with van der Waals surface area (Å²) in [6, 6.07) is 7.99. The molecule has 1 N–H and O–H groups in total. The predicted molar refractivity (Wildman–Crippen MR) is 116 cm³/mol. The maximum absolute atomic E-state index is 11.5. The van der Waals surface area contributed by atoms with E-state index in [1.807, 2.05) is 37.3 Å². The molecule has 1 aromatic carbocycles. The van der Waals surface area contributed by atoms with Crippen LogP contribution in [0.5, 0.6) is 5.75 Å². The maximum atomic E-state index is 11.5. The molecule has 1 aromatic rings. The van der Waals surface area contributed by atoms with Crippen molar-refractivity contribution in [1.29, 1.82) is 0 Å². The van der Waals surface area contributed by atoms with Crippen LogP contribution >= 0.6 is 0 Å². The van der Waals surface area contributed by atoms with Gasteiger partial charge in [0.15, 0.2) is 0 Å². The monoisotopic (exact) mass is 380 g/mol. The molecule has 0 amide bonds. The van der Waals surface area contributed by atoms with Crippen molar-refractivity contribution in [3.8, 4) is 5.75 Å². The Morgan fingerprint density at radius 1 is 1.25 bits per heavy atom. The number of hydrogen-bond acceptors (Lipinski definition) is 2. The standard InChI is InChI=1S/C25H32O3/c1-7-23(24(26)27)17(2)14-21-16-25(4,5)15-20(18(21)3)11-8-19-9-12-22(28-6)13-10-19/h8-14,23H,2,7,15-16H2,1,3-6H3,(H,26,27)/b11-8+,21-14-. The van der Waals surface area contributed by atoms with Gasteiger partial charge >= 0.3 is 5.97 Å². The lowest BCUT2D eigenvalue weighted by Crippen LogP contribution is -2.20. The highest BCUT2D eigenvalue weighted by Gasteiger charge is 2.28. The van der Waals surface area contributed by atoms with Gasteiger partial charge < -0.3 is 9.84 Å². The minimum Gasteiger partial charge on any atom is -0.497 e. The van der Waals surface area contributed by atoms with Crippen LogP contribution < -0.4 is 4.74 Å². The van der Waals surface area contributed by atoms with E-state index in [0.29, 0.717) is 12.0 Å². The number of methoxy groups -OCH3 is 1. The van der Waals surface area contributed by atoms with Gasteiger partial charge in [-0.05, 0) is 71.6 Å². The summed E-state index contributed by atoms with van der Waals surface area (Å²) in [5.74, 6) is -0.483. The molecule has 0 aliphatic heterocycles. The zero-order chi connectivity index (χ0) is 20.9. The summed E-state index contributed by atoms with van der Waals surface area (Å²) in [6.07, 6.45) is 8.77. The van der Waals surface area contributed by atoms with Crippen LogP contribution in [0.4, 0.5) is 0 Å². The molecule has 0 aromatic heterocycles. The Kier molecular flexibility index (Phi) is 7.06. The van der Waals surface area contributed by atoms with Crippen molar-refractivity contribution in [2.45, 2.75) is 47.0 Å². The summed E-state index contributed by atoms with van der Waals surface area (Å²) in [6.45, 7) is 12.6. The lowest BCUT2D eigenvalue weighted by Gasteiger charge is -2.34. The van der Waals surface area contributed by atoms with Crippen molar-refractivity contribution in [2.24, 2.45) is 11.3 Å². The van der Waals surface area contributed by atoms with Gasteiger partial charge in [-0.25, -0.2) is 0 Å². The summed E-state index contributed by atoms with van der Waals surface area (Å²) in [7, 11) is 1.66. The zero-order valence-corrected chi connectivity index (χ0v) is 17.7. The van der Waals surface area contributed by atoms with Crippen LogP contribution in [0.25, 0.3) is 6.08 Å². The fourth-order valence-corrected chi connectivity index (χ4v) is 3.74. The van der Waals surface area contributed by atoms with Gasteiger partial charge in [0.25, 0.3) is 0 Å². The lowest BCUT2D eigenvalue weighted by atomic mass is 9.71. The van der Waals surface area contributed by atoms with Gasteiger partial charge in [0.2, 0.25) is 0 Å². The fraction of sp³-hybridized carbons (Fsp3) is 0.400. The molecule has 3 heteroatoms. The largest absolute Gasteiger partial charge is 0.497 e. The number of carboxylic acids is 1. The van der Waals surface area contributed by atoms with E-state index >= 15 is 0 Å². The van der Waals surface area contributed by atoms with Crippen LogP contribution in [0.15, 0.2) is 65.3 Å². The van der Waals surface area contributed by atoms with Gasteiger partial charge in [0, 0.05) is 0 Å². The van der Waals surface area contributed by atoms with Crippen LogP contribution in [0, 0.1) is 11.3 Å². The van der Waals surface area contributed by atoms with Crippen LogP contribution in [-0.4, -0.2) is 18.2 Å². The second-order valence-electron chi connectivity index (χ2n) is 8.32. The molecule has 1 aliphatic rings. The molecule has 2 rings (SSSR count). The first-order valence-corrected chi connectivity index (χ1v) is 9.81. The summed E-state index contributed by atoms with van der Waals surface area (Å²) < 4.78 is 5.21. The van der Waals surface area contributed by atoms with Crippen molar-refractivity contribution in [1.82, 2.24) is 0 Å². The minimum atomic E-state index is -0.805. The Morgan fingerprint density at radius 2 is 1.89 bits per heavy atom. The second kappa shape index (κ2) is 9.09. The van der Waals surface area contributed by atoms with Crippen LogP contribution in [0.2, 0.25) is 0 Å². The Hall–Kier alpha value is -2.55. The quantitative estimate of drug-likeness (QED) is 0.592. The van der Waals surface area contributed by atoms with Gasteiger partial charge in [-0.2, -0.15) is 0 Å². The van der Waals surface area contributed by atoms with Crippen molar-refractivity contribution in [3.63, 3.8) is 0 Å². The smallest absolute Gasteiger partial charge is 0.310 e. The molecule has 1 atom stereocenters. The Morgan fingerprint density at radius 3 is 2.43 bits per heavy atom. The summed E-state index contributed by atoms with van der Waals surface area (Å²) in [5.41, 5.74) is 5.63. The van der Waals surface area contributed by atoms with Gasteiger partial charge in [0.1, 0.15) is 5.75 Å². The Bertz CT molecular complexity index is 820. The van der Waals surface area contributed by atoms with Crippen molar-refractivity contribution >= 4 is 12.0 Å². The first kappa shape index (κ1) is 21.7. The van der Waals surface area contributed by atoms with E-state index in [0.717, 1.165) is 24.2 Å². The SMILES string of the molecule is C=C(/C=C1/CC(C)(C)CC(/C=C/c2ccc(OC)cc2)=C1C)C(CC)C(=O)O. The number of carbonyl (C=O) groups is 1. The van der Waals surface area contributed by atoms with Gasteiger partial charge in [-0.15, -0.1) is 0 Å². The number of rotatable bonds is 7. The van der Waals surface area contributed by atoms with Crippen molar-refractivity contribution < 1.29 is 14.6 Å². The molecule has 0 saturated carbocycles. The Labute approximate surface area is 169 Å². The van der Waals surface area contributed by atoms with Crippen LogP contribution in [0.1, 0.15) is 52.5 Å². The van der Waals surface area contributed by atoms with Crippen molar-refractivity contribution in [3.05, 3.63) is 70.9 Å². The van der Waals surface area contributed by atoms with Crippen LogP contribution in [0.3, 0.4) is 0 Å². The highest BCUT2D eigenvalue weighted by atomic mass is 16.5. The molecule has 0 saturated heterocycles. The maximum Gasteiger partial charge on any atom is 0.310 e. The number of aliphatic carboxylic acids is 1. The third-order valence-electron chi connectivity index (χ3n) is 5.41. The molecule has 3 nitrogen and oxygen atoms in total.